The predicted octanol–water partition coefficient (Wildman–Crippen LogP) is 6.70. The van der Waals surface area contributed by atoms with Gasteiger partial charge < -0.3 is 4.74 Å². The topological polar surface area (TPSA) is 29.5 Å². The molecule has 0 N–H and O–H groups in total. The molecular formula is C29H26FNO2. The molecule has 166 valence electrons. The number of aryl methyl sites for hydroxylation is 1. The van der Waals surface area contributed by atoms with E-state index in [-0.39, 0.29) is 29.9 Å². The Bertz CT molecular complexity index is 1230. The van der Waals surface area contributed by atoms with Crippen LogP contribution in [0.4, 0.5) is 9.18 Å². The molecular weight excluding hydrogens is 413 g/mol. The lowest BCUT2D eigenvalue weighted by Crippen LogP contribution is -2.43. The standard InChI is InChI=1S/C29H26FNO2/c1-18-10-11-19(16-28(18)30)20-14-21-12-13-22(15-20)31(21)29(32)33-17-27-25-8-4-2-6-23(25)24-7-3-5-9-26(24)27/h2-11,14,16,21-22,27H,12-13,15,17H2,1H3. The Morgan fingerprint density at radius 1 is 1.00 bits per heavy atom. The van der Waals surface area contributed by atoms with Crippen LogP contribution in [-0.4, -0.2) is 29.7 Å². The third kappa shape index (κ3) is 3.36. The number of ether oxygens (including phenoxy) is 1. The second-order valence-electron chi connectivity index (χ2n) is 9.37. The number of nitrogens with zero attached hydrogens (tertiary/aromatic N) is 1. The smallest absolute Gasteiger partial charge is 0.410 e. The molecule has 33 heavy (non-hydrogen) atoms. The maximum atomic E-state index is 14.1. The number of hydrogen-bond donors (Lipinski definition) is 0. The number of halogens is 1. The van der Waals surface area contributed by atoms with Crippen molar-refractivity contribution in [3.63, 3.8) is 0 Å². The molecule has 0 radical (unpaired) electrons. The minimum atomic E-state index is -0.241. The minimum Gasteiger partial charge on any atom is -0.448 e. The van der Waals surface area contributed by atoms with Crippen LogP contribution >= 0.6 is 0 Å². The summed E-state index contributed by atoms with van der Waals surface area (Å²) in [4.78, 5) is 15.1. The van der Waals surface area contributed by atoms with Gasteiger partial charge in [0.05, 0.1) is 6.04 Å². The molecule has 0 spiro atoms. The SMILES string of the molecule is Cc1ccc(C2=CC3CCC(C2)N3C(=O)OCC2c3ccccc3-c3ccccc32)cc1F. The van der Waals surface area contributed by atoms with E-state index in [4.69, 9.17) is 4.74 Å². The van der Waals surface area contributed by atoms with Crippen molar-refractivity contribution >= 4 is 11.7 Å². The first-order valence-corrected chi connectivity index (χ1v) is 11.7. The van der Waals surface area contributed by atoms with E-state index < -0.39 is 0 Å². The minimum absolute atomic E-state index is 0.0127. The van der Waals surface area contributed by atoms with E-state index >= 15 is 0 Å². The van der Waals surface area contributed by atoms with Crippen LogP contribution in [0.25, 0.3) is 16.7 Å². The largest absolute Gasteiger partial charge is 0.448 e. The van der Waals surface area contributed by atoms with E-state index in [1.54, 1.807) is 13.0 Å². The van der Waals surface area contributed by atoms with Crippen molar-refractivity contribution in [2.75, 3.05) is 6.61 Å². The van der Waals surface area contributed by atoms with E-state index in [1.165, 1.54) is 22.3 Å². The molecule has 0 aromatic heterocycles. The van der Waals surface area contributed by atoms with Crippen LogP contribution in [0, 0.1) is 12.7 Å². The molecule has 3 aromatic carbocycles. The van der Waals surface area contributed by atoms with Crippen molar-refractivity contribution < 1.29 is 13.9 Å². The summed E-state index contributed by atoms with van der Waals surface area (Å²) in [5, 5.41) is 0. The van der Waals surface area contributed by atoms with E-state index in [9.17, 15) is 9.18 Å². The molecule has 1 saturated heterocycles. The highest BCUT2D eigenvalue weighted by Gasteiger charge is 2.41. The first-order chi connectivity index (χ1) is 16.1. The first kappa shape index (κ1) is 20.2. The Morgan fingerprint density at radius 2 is 1.70 bits per heavy atom. The molecule has 1 fully saturated rings. The summed E-state index contributed by atoms with van der Waals surface area (Å²) in [7, 11) is 0. The summed E-state index contributed by atoms with van der Waals surface area (Å²) in [5.74, 6) is -0.120. The number of fused-ring (bicyclic) bond motifs is 5. The van der Waals surface area contributed by atoms with Gasteiger partial charge in [-0.15, -0.1) is 0 Å². The van der Waals surface area contributed by atoms with Crippen LogP contribution in [-0.2, 0) is 4.74 Å². The Hall–Kier alpha value is -3.40. The number of carbonyl (C=O) groups is 1. The summed E-state index contributed by atoms with van der Waals surface area (Å²) >= 11 is 0. The molecule has 0 saturated carbocycles. The third-order valence-corrected chi connectivity index (χ3v) is 7.48. The fraction of sp³-hybridized carbons (Fsp3) is 0.276. The van der Waals surface area contributed by atoms with E-state index in [0.717, 1.165) is 30.4 Å². The monoisotopic (exact) mass is 439 g/mol. The summed E-state index contributed by atoms with van der Waals surface area (Å²) in [6.07, 6.45) is 4.50. The molecule has 3 aliphatic rings. The maximum Gasteiger partial charge on any atom is 0.410 e. The van der Waals surface area contributed by atoms with Crippen molar-refractivity contribution in [3.05, 3.63) is 101 Å². The lowest BCUT2D eigenvalue weighted by Gasteiger charge is -2.33. The van der Waals surface area contributed by atoms with Crippen LogP contribution in [0.15, 0.2) is 72.8 Å². The van der Waals surface area contributed by atoms with Gasteiger partial charge in [-0.1, -0.05) is 66.7 Å². The van der Waals surface area contributed by atoms with Crippen molar-refractivity contribution in [2.45, 2.75) is 44.2 Å². The van der Waals surface area contributed by atoms with Crippen LogP contribution < -0.4 is 0 Å². The van der Waals surface area contributed by atoms with E-state index in [1.807, 2.05) is 29.2 Å². The number of amides is 1. The molecule has 2 atom stereocenters. The van der Waals surface area contributed by atoms with Gasteiger partial charge in [-0.2, -0.15) is 0 Å². The summed E-state index contributed by atoms with van der Waals surface area (Å²) < 4.78 is 20.0. The van der Waals surface area contributed by atoms with Gasteiger partial charge in [0.1, 0.15) is 12.4 Å². The fourth-order valence-electron chi connectivity index (χ4n) is 5.79. The number of rotatable bonds is 3. The molecule has 4 heteroatoms. The van der Waals surface area contributed by atoms with E-state index in [2.05, 4.69) is 42.5 Å². The number of benzene rings is 3. The van der Waals surface area contributed by atoms with Gasteiger partial charge in [0.2, 0.25) is 0 Å². The highest BCUT2D eigenvalue weighted by atomic mass is 19.1. The average Bonchev–Trinajstić information content (AvgIpc) is 3.30. The summed E-state index contributed by atoms with van der Waals surface area (Å²) in [6, 6.07) is 22.3. The van der Waals surface area contributed by atoms with E-state index in [0.29, 0.717) is 12.2 Å². The van der Waals surface area contributed by atoms with Crippen molar-refractivity contribution in [1.29, 1.82) is 0 Å². The molecule has 2 bridgehead atoms. The first-order valence-electron chi connectivity index (χ1n) is 11.7. The quantitative estimate of drug-likeness (QED) is 0.454. The zero-order valence-corrected chi connectivity index (χ0v) is 18.6. The average molecular weight is 440 g/mol. The van der Waals surface area contributed by atoms with Crippen molar-refractivity contribution in [3.8, 4) is 11.1 Å². The molecule has 1 aliphatic carbocycles. The van der Waals surface area contributed by atoms with Gasteiger partial charge in [0, 0.05) is 12.0 Å². The lowest BCUT2D eigenvalue weighted by molar-refractivity contribution is 0.0866. The van der Waals surface area contributed by atoms with Gasteiger partial charge in [-0.05, 0) is 71.2 Å². The Labute approximate surface area is 193 Å². The maximum absolute atomic E-state index is 14.1. The Morgan fingerprint density at radius 3 is 2.36 bits per heavy atom. The zero-order valence-electron chi connectivity index (χ0n) is 18.6. The second-order valence-corrected chi connectivity index (χ2v) is 9.37. The number of hydrogen-bond acceptors (Lipinski definition) is 2. The molecule has 2 heterocycles. The Balaban J connectivity index is 1.20. The van der Waals surface area contributed by atoms with Gasteiger partial charge in [-0.3, -0.25) is 4.90 Å². The van der Waals surface area contributed by atoms with Crippen LogP contribution in [0.3, 0.4) is 0 Å². The van der Waals surface area contributed by atoms with Gasteiger partial charge in [0.15, 0.2) is 0 Å². The fourth-order valence-corrected chi connectivity index (χ4v) is 5.79. The molecule has 1 amide bonds. The summed E-state index contributed by atoms with van der Waals surface area (Å²) in [6.45, 7) is 2.11. The normalized spacial score (nSPS) is 20.9. The summed E-state index contributed by atoms with van der Waals surface area (Å²) in [5.41, 5.74) is 7.59. The number of carbonyl (C=O) groups excluding carboxylic acids is 1. The third-order valence-electron chi connectivity index (χ3n) is 7.48. The molecule has 6 rings (SSSR count). The van der Waals surface area contributed by atoms with Crippen LogP contribution in [0.1, 0.15) is 47.4 Å². The molecule has 2 aliphatic heterocycles. The highest BCUT2D eigenvalue weighted by molar-refractivity contribution is 5.79. The zero-order chi connectivity index (χ0) is 22.5. The molecule has 2 unspecified atom stereocenters. The van der Waals surface area contributed by atoms with Gasteiger partial charge in [-0.25, -0.2) is 9.18 Å². The molecule has 3 nitrogen and oxygen atoms in total. The second kappa shape index (κ2) is 7.87. The van der Waals surface area contributed by atoms with Crippen LogP contribution in [0.5, 0.6) is 0 Å². The van der Waals surface area contributed by atoms with Crippen LogP contribution in [0.2, 0.25) is 0 Å². The van der Waals surface area contributed by atoms with Crippen molar-refractivity contribution in [1.82, 2.24) is 4.90 Å². The van der Waals surface area contributed by atoms with Gasteiger partial charge in [0.25, 0.3) is 0 Å². The Kier molecular flexibility index (Phi) is 4.83. The highest BCUT2D eigenvalue weighted by Crippen LogP contribution is 2.45. The predicted molar refractivity (Wildman–Crippen MR) is 127 cm³/mol. The lowest BCUT2D eigenvalue weighted by atomic mass is 9.94. The molecule has 3 aromatic rings. The van der Waals surface area contributed by atoms with Crippen molar-refractivity contribution in [2.24, 2.45) is 0 Å². The van der Waals surface area contributed by atoms with Gasteiger partial charge >= 0.3 is 6.09 Å².